The van der Waals surface area contributed by atoms with Crippen LogP contribution in [-0.2, 0) is 9.53 Å². The van der Waals surface area contributed by atoms with Crippen LogP contribution in [0.15, 0.2) is 36.1 Å². The standard InChI is InChI=1S/C15H16O2/c1-3-10-4-5-11(17-2)15-8-9-6-7-14(10,15)13(15)12(9)16/h3-5,9,13H,1,6-8H2,2H3/t9-,13?,14+,15-/m1/s1. The topological polar surface area (TPSA) is 26.3 Å². The van der Waals surface area contributed by atoms with E-state index in [0.29, 0.717) is 11.7 Å². The zero-order chi connectivity index (χ0) is 11.8. The minimum absolute atomic E-state index is 0.0139. The largest absolute Gasteiger partial charge is 0.500 e. The number of carbonyl (C=O) groups excluding carboxylic acids is 1. The van der Waals surface area contributed by atoms with Gasteiger partial charge in [0.1, 0.15) is 11.5 Å². The molecule has 17 heavy (non-hydrogen) atoms. The molecule has 0 aromatic carbocycles. The number of Topliss-reactive ketones (excluding diaryl/α,β-unsaturated/α-hetero) is 1. The van der Waals surface area contributed by atoms with Crippen LogP contribution in [0.25, 0.3) is 0 Å². The molecule has 0 amide bonds. The third-order valence-corrected chi connectivity index (χ3v) is 5.65. The average Bonchev–Trinajstić information content (AvgIpc) is 2.91. The molecule has 5 aliphatic carbocycles. The molecule has 5 aliphatic rings. The van der Waals surface area contributed by atoms with Crippen LogP contribution in [0.4, 0.5) is 0 Å². The zero-order valence-corrected chi connectivity index (χ0v) is 10.0. The van der Waals surface area contributed by atoms with Crippen LogP contribution in [0.5, 0.6) is 0 Å². The van der Waals surface area contributed by atoms with Gasteiger partial charge >= 0.3 is 0 Å². The van der Waals surface area contributed by atoms with Crippen molar-refractivity contribution >= 4 is 5.78 Å². The predicted octanol–water partition coefficient (Wildman–Crippen LogP) is 2.63. The summed E-state index contributed by atoms with van der Waals surface area (Å²) in [6.45, 7) is 3.92. The van der Waals surface area contributed by atoms with E-state index < -0.39 is 0 Å². The van der Waals surface area contributed by atoms with Crippen LogP contribution in [0.2, 0.25) is 0 Å². The van der Waals surface area contributed by atoms with E-state index in [1.165, 1.54) is 5.57 Å². The summed E-state index contributed by atoms with van der Waals surface area (Å²) in [6, 6.07) is 0. The molecular weight excluding hydrogens is 212 g/mol. The number of rotatable bonds is 2. The van der Waals surface area contributed by atoms with Gasteiger partial charge in [0, 0.05) is 22.7 Å². The summed E-state index contributed by atoms with van der Waals surface area (Å²) in [4.78, 5) is 12.3. The molecule has 4 saturated carbocycles. The molecule has 5 rings (SSSR count). The number of fused-ring (bicyclic) bond motifs is 1. The van der Waals surface area contributed by atoms with Gasteiger partial charge in [-0.1, -0.05) is 18.7 Å². The minimum Gasteiger partial charge on any atom is -0.500 e. The number of carbonyl (C=O) groups is 1. The van der Waals surface area contributed by atoms with E-state index in [9.17, 15) is 4.79 Å². The Morgan fingerprint density at radius 1 is 1.47 bits per heavy atom. The first-order valence-corrected chi connectivity index (χ1v) is 6.35. The van der Waals surface area contributed by atoms with E-state index in [2.05, 4.69) is 18.7 Å². The first kappa shape index (κ1) is 9.69. The van der Waals surface area contributed by atoms with Gasteiger partial charge in [0.25, 0.3) is 0 Å². The second kappa shape index (κ2) is 2.58. The van der Waals surface area contributed by atoms with E-state index >= 15 is 0 Å². The molecule has 2 nitrogen and oxygen atoms in total. The van der Waals surface area contributed by atoms with Gasteiger partial charge in [-0.25, -0.2) is 0 Å². The molecule has 0 saturated heterocycles. The van der Waals surface area contributed by atoms with Crippen LogP contribution >= 0.6 is 0 Å². The second-order valence-electron chi connectivity index (χ2n) is 5.78. The average molecular weight is 228 g/mol. The fourth-order valence-electron chi connectivity index (χ4n) is 5.12. The number of ketones is 1. The summed E-state index contributed by atoms with van der Waals surface area (Å²) < 4.78 is 5.57. The molecule has 88 valence electrons. The maximum absolute atomic E-state index is 12.3. The highest BCUT2D eigenvalue weighted by molar-refractivity contribution is 5.96. The van der Waals surface area contributed by atoms with Crippen molar-refractivity contribution in [3.63, 3.8) is 0 Å². The van der Waals surface area contributed by atoms with E-state index in [1.807, 2.05) is 6.08 Å². The monoisotopic (exact) mass is 228 g/mol. The van der Waals surface area contributed by atoms with Gasteiger partial charge in [0.05, 0.1) is 7.11 Å². The number of ether oxygens (including phenoxy) is 1. The Kier molecular flexibility index (Phi) is 1.47. The summed E-state index contributed by atoms with van der Waals surface area (Å²) in [5.74, 6) is 1.99. The van der Waals surface area contributed by atoms with Crippen molar-refractivity contribution in [1.82, 2.24) is 0 Å². The Labute approximate surface area is 101 Å². The van der Waals surface area contributed by atoms with Crippen molar-refractivity contribution in [2.24, 2.45) is 22.7 Å². The van der Waals surface area contributed by atoms with E-state index in [4.69, 9.17) is 4.74 Å². The van der Waals surface area contributed by atoms with Crippen LogP contribution in [0.3, 0.4) is 0 Å². The molecule has 4 bridgehead atoms. The summed E-state index contributed by atoms with van der Waals surface area (Å²) in [5.41, 5.74) is 1.33. The highest BCUT2D eigenvalue weighted by Gasteiger charge is 2.87. The highest BCUT2D eigenvalue weighted by Crippen LogP contribution is 2.87. The quantitative estimate of drug-likeness (QED) is 0.726. The van der Waals surface area contributed by atoms with Crippen molar-refractivity contribution in [3.8, 4) is 0 Å². The molecule has 0 aromatic rings. The lowest BCUT2D eigenvalue weighted by molar-refractivity contribution is -0.125. The molecule has 2 spiro atoms. The summed E-state index contributed by atoms with van der Waals surface area (Å²) >= 11 is 0. The molecule has 4 atom stereocenters. The number of methoxy groups -OCH3 is 1. The van der Waals surface area contributed by atoms with Crippen LogP contribution in [-0.4, -0.2) is 12.9 Å². The van der Waals surface area contributed by atoms with E-state index in [0.717, 1.165) is 25.0 Å². The molecule has 0 aromatic heterocycles. The molecule has 0 N–H and O–H groups in total. The number of hydrogen-bond donors (Lipinski definition) is 0. The Morgan fingerprint density at radius 2 is 2.29 bits per heavy atom. The highest BCUT2D eigenvalue weighted by atomic mass is 16.5. The lowest BCUT2D eigenvalue weighted by Gasteiger charge is -2.38. The van der Waals surface area contributed by atoms with Crippen molar-refractivity contribution in [1.29, 1.82) is 0 Å². The molecular formula is C15H16O2. The van der Waals surface area contributed by atoms with Gasteiger partial charge in [-0.05, 0) is 30.9 Å². The molecule has 0 aliphatic heterocycles. The Bertz CT molecular complexity index is 513. The Hall–Kier alpha value is -1.31. The second-order valence-corrected chi connectivity index (χ2v) is 5.78. The van der Waals surface area contributed by atoms with E-state index in [-0.39, 0.29) is 16.7 Å². The van der Waals surface area contributed by atoms with Crippen LogP contribution in [0, 0.1) is 22.7 Å². The smallest absolute Gasteiger partial charge is 0.141 e. The van der Waals surface area contributed by atoms with Gasteiger partial charge in [0.2, 0.25) is 0 Å². The minimum atomic E-state index is 0.0139. The van der Waals surface area contributed by atoms with Gasteiger partial charge in [-0.15, -0.1) is 0 Å². The molecule has 0 heterocycles. The molecule has 1 unspecified atom stereocenters. The maximum Gasteiger partial charge on any atom is 0.141 e. The number of hydrogen-bond acceptors (Lipinski definition) is 2. The van der Waals surface area contributed by atoms with Crippen molar-refractivity contribution in [3.05, 3.63) is 36.1 Å². The van der Waals surface area contributed by atoms with Crippen molar-refractivity contribution in [2.45, 2.75) is 19.3 Å². The lowest BCUT2D eigenvalue weighted by Crippen LogP contribution is -2.33. The fourth-order valence-corrected chi connectivity index (χ4v) is 5.12. The fraction of sp³-hybridized carbons (Fsp3) is 0.533. The van der Waals surface area contributed by atoms with Crippen molar-refractivity contribution < 1.29 is 9.53 Å². The molecule has 4 fully saturated rings. The van der Waals surface area contributed by atoms with Gasteiger partial charge in [0.15, 0.2) is 0 Å². The lowest BCUT2D eigenvalue weighted by atomic mass is 9.66. The van der Waals surface area contributed by atoms with Crippen LogP contribution < -0.4 is 0 Å². The third kappa shape index (κ3) is 0.711. The number of allylic oxidation sites excluding steroid dienone is 5. The molecule has 2 heteroatoms. The van der Waals surface area contributed by atoms with Gasteiger partial charge < -0.3 is 4.74 Å². The summed E-state index contributed by atoms with van der Waals surface area (Å²) in [6.07, 6.45) is 9.28. The first-order valence-electron chi connectivity index (χ1n) is 6.35. The summed E-state index contributed by atoms with van der Waals surface area (Å²) in [5, 5.41) is 0. The third-order valence-electron chi connectivity index (χ3n) is 5.65. The Morgan fingerprint density at radius 3 is 3.00 bits per heavy atom. The van der Waals surface area contributed by atoms with Crippen molar-refractivity contribution in [2.75, 3.05) is 7.11 Å². The van der Waals surface area contributed by atoms with Gasteiger partial charge in [-0.2, -0.15) is 0 Å². The SMILES string of the molecule is C=CC1=CC=C(OC)[C@@]23C[C@H]4CC[C@@]12C3C4=O. The van der Waals surface area contributed by atoms with E-state index in [1.54, 1.807) is 7.11 Å². The Balaban J connectivity index is 1.96. The normalized spacial score (nSPS) is 49.1. The predicted molar refractivity (Wildman–Crippen MR) is 64.1 cm³/mol. The zero-order valence-electron chi connectivity index (χ0n) is 10.0. The summed E-state index contributed by atoms with van der Waals surface area (Å²) in [7, 11) is 1.73. The maximum atomic E-state index is 12.3. The first-order chi connectivity index (χ1) is 8.22. The van der Waals surface area contributed by atoms with Gasteiger partial charge in [-0.3, -0.25) is 4.79 Å². The van der Waals surface area contributed by atoms with Crippen LogP contribution in [0.1, 0.15) is 19.3 Å². The molecule has 0 radical (unpaired) electrons.